The second kappa shape index (κ2) is 14.1. The third-order valence-corrected chi connectivity index (χ3v) is 30.3. The van der Waals surface area contributed by atoms with Crippen LogP contribution in [-0.2, 0) is 29.2 Å². The third-order valence-electron chi connectivity index (χ3n) is 12.3. The second-order valence-electron chi connectivity index (χ2n) is 20.1. The van der Waals surface area contributed by atoms with Crippen molar-refractivity contribution in [3.63, 3.8) is 0 Å². The summed E-state index contributed by atoms with van der Waals surface area (Å²) in [5, 5.41) is -0.214. The summed E-state index contributed by atoms with van der Waals surface area (Å²) in [6.45, 7) is 46.4. The summed E-state index contributed by atoms with van der Waals surface area (Å²) in [6, 6.07) is 0. The van der Waals surface area contributed by atoms with Crippen LogP contribution in [0.25, 0.3) is 0 Å². The van der Waals surface area contributed by atoms with E-state index in [0.717, 1.165) is 0 Å². The standard InChI is InChI=1S/C35H72N2O7Si4/c1-24-26(30(38)36-31(39)37(24)23-41-46(16,17)33(5,6)7)28-29(44-48(20,21)35(11,12)13)27(43-47(18,19)34(8,9)10)25(42-28)22-40-45(14,15)32(2,3)4/h25,27-29H,22-23H2,1-21H3,(H,36,38,39)/t25-,27?,28+,29?/m1/s1. The van der Waals surface area contributed by atoms with Crippen LogP contribution in [0.4, 0.5) is 0 Å². The fourth-order valence-electron chi connectivity index (χ4n) is 4.53. The Balaban J connectivity index is 2.84. The fourth-order valence-corrected chi connectivity index (χ4v) is 9.04. The quantitative estimate of drug-likeness (QED) is 0.226. The highest BCUT2D eigenvalue weighted by atomic mass is 28.4. The molecule has 1 aromatic rings. The molecule has 9 nitrogen and oxygen atoms in total. The average molecular weight is 745 g/mol. The maximum atomic E-state index is 13.9. The third kappa shape index (κ3) is 9.41. The molecule has 0 radical (unpaired) electrons. The molecular weight excluding hydrogens is 673 g/mol. The van der Waals surface area contributed by atoms with Crippen LogP contribution >= 0.6 is 0 Å². The normalized spacial score (nSPS) is 22.4. The van der Waals surface area contributed by atoms with Crippen LogP contribution in [0.2, 0.25) is 72.5 Å². The van der Waals surface area contributed by atoms with E-state index >= 15 is 0 Å². The molecule has 1 aliphatic heterocycles. The van der Waals surface area contributed by atoms with Crippen LogP contribution in [-0.4, -0.2) is 67.7 Å². The fraction of sp³-hybridized carbons (Fsp3) is 0.886. The number of rotatable bonds is 11. The Labute approximate surface area is 296 Å². The molecule has 2 rings (SSSR count). The number of ether oxygens (including phenoxy) is 1. The highest BCUT2D eigenvalue weighted by Crippen LogP contribution is 2.47. The summed E-state index contributed by atoms with van der Waals surface area (Å²) in [6.07, 6.45) is -2.31. The van der Waals surface area contributed by atoms with E-state index in [4.69, 9.17) is 22.4 Å². The predicted molar refractivity (Wildman–Crippen MR) is 209 cm³/mol. The summed E-state index contributed by atoms with van der Waals surface area (Å²) in [7, 11) is -9.15. The molecular formula is C35H72N2O7Si4. The van der Waals surface area contributed by atoms with Gasteiger partial charge in [-0.15, -0.1) is 0 Å². The van der Waals surface area contributed by atoms with Crippen molar-refractivity contribution in [2.45, 2.75) is 194 Å². The van der Waals surface area contributed by atoms with Gasteiger partial charge in [0, 0.05) is 5.69 Å². The Bertz CT molecular complexity index is 1390. The summed E-state index contributed by atoms with van der Waals surface area (Å²) >= 11 is 0. The average Bonchev–Trinajstić information content (AvgIpc) is 3.15. The molecule has 280 valence electrons. The van der Waals surface area contributed by atoms with Crippen LogP contribution in [0.1, 0.15) is 100 Å². The molecule has 48 heavy (non-hydrogen) atoms. The molecule has 0 aromatic carbocycles. The molecule has 0 spiro atoms. The molecule has 1 aromatic heterocycles. The maximum Gasteiger partial charge on any atom is 0.330 e. The minimum absolute atomic E-state index is 0.00517. The van der Waals surface area contributed by atoms with Gasteiger partial charge in [-0.25, -0.2) is 4.79 Å². The van der Waals surface area contributed by atoms with Gasteiger partial charge in [0.05, 0.1) is 12.2 Å². The minimum Gasteiger partial charge on any atom is -0.414 e. The Hall–Kier alpha value is -0.652. The first kappa shape index (κ1) is 43.5. The molecule has 1 saturated heterocycles. The Morgan fingerprint density at radius 2 is 1.04 bits per heavy atom. The van der Waals surface area contributed by atoms with E-state index in [1.807, 2.05) is 6.92 Å². The summed E-state index contributed by atoms with van der Waals surface area (Å²) in [4.78, 5) is 29.8. The first-order valence-corrected chi connectivity index (χ1v) is 29.3. The van der Waals surface area contributed by atoms with Crippen molar-refractivity contribution in [1.29, 1.82) is 0 Å². The van der Waals surface area contributed by atoms with Crippen molar-refractivity contribution < 1.29 is 22.4 Å². The largest absolute Gasteiger partial charge is 0.414 e. The molecule has 0 bridgehead atoms. The molecule has 2 heterocycles. The van der Waals surface area contributed by atoms with Gasteiger partial charge in [-0.2, -0.15) is 0 Å². The van der Waals surface area contributed by atoms with Crippen molar-refractivity contribution in [2.75, 3.05) is 6.61 Å². The van der Waals surface area contributed by atoms with Crippen molar-refractivity contribution in [1.82, 2.24) is 9.55 Å². The van der Waals surface area contributed by atoms with Crippen LogP contribution in [0.3, 0.4) is 0 Å². The van der Waals surface area contributed by atoms with Crippen LogP contribution in [0, 0.1) is 6.92 Å². The zero-order valence-corrected chi connectivity index (χ0v) is 38.5. The van der Waals surface area contributed by atoms with Gasteiger partial charge in [-0.1, -0.05) is 83.1 Å². The SMILES string of the molecule is Cc1c([C@@H]2O[C@H](CO[Si](C)(C)C(C)(C)C)C(O[Si](C)(C)C(C)(C)C)C2O[Si](C)(C)C(C)(C)C)c(=O)[nH]c(=O)n1CO[Si](C)(C)C(C)(C)C. The molecule has 13 heteroatoms. The lowest BCUT2D eigenvalue weighted by molar-refractivity contribution is -0.0183. The van der Waals surface area contributed by atoms with Crippen molar-refractivity contribution >= 4 is 33.3 Å². The lowest BCUT2D eigenvalue weighted by Gasteiger charge is -2.44. The number of aromatic nitrogens is 2. The number of hydrogen-bond donors (Lipinski definition) is 1. The Kier molecular flexibility index (Phi) is 12.7. The van der Waals surface area contributed by atoms with Gasteiger partial charge in [0.1, 0.15) is 31.1 Å². The Morgan fingerprint density at radius 1 is 0.646 bits per heavy atom. The van der Waals surface area contributed by atoms with Crippen molar-refractivity contribution in [2.24, 2.45) is 0 Å². The van der Waals surface area contributed by atoms with Gasteiger partial charge < -0.3 is 22.4 Å². The first-order chi connectivity index (χ1) is 21.1. The number of H-pyrrole nitrogens is 1. The zero-order valence-electron chi connectivity index (χ0n) is 34.5. The minimum atomic E-state index is -2.42. The molecule has 1 fully saturated rings. The van der Waals surface area contributed by atoms with Gasteiger partial charge in [0.25, 0.3) is 5.56 Å². The van der Waals surface area contributed by atoms with E-state index < -0.39 is 68.9 Å². The summed E-state index contributed by atoms with van der Waals surface area (Å²) in [5.41, 5.74) is -0.0530. The second-order valence-corrected chi connectivity index (χ2v) is 39.2. The maximum absolute atomic E-state index is 13.9. The summed E-state index contributed by atoms with van der Waals surface area (Å²) < 4.78 is 36.3. The van der Waals surface area contributed by atoms with E-state index in [-0.39, 0.29) is 26.9 Å². The van der Waals surface area contributed by atoms with E-state index in [0.29, 0.717) is 17.9 Å². The summed E-state index contributed by atoms with van der Waals surface area (Å²) in [5.74, 6) is 0. The monoisotopic (exact) mass is 744 g/mol. The van der Waals surface area contributed by atoms with E-state index in [1.54, 1.807) is 0 Å². The van der Waals surface area contributed by atoms with E-state index in [9.17, 15) is 9.59 Å². The van der Waals surface area contributed by atoms with E-state index in [1.165, 1.54) is 4.57 Å². The Morgan fingerprint density at radius 3 is 1.46 bits per heavy atom. The number of hydrogen-bond acceptors (Lipinski definition) is 7. The molecule has 1 aliphatic rings. The lowest BCUT2D eigenvalue weighted by Crippen LogP contribution is -2.54. The highest BCUT2D eigenvalue weighted by molar-refractivity contribution is 6.75. The molecule has 0 saturated carbocycles. The van der Waals surface area contributed by atoms with Crippen molar-refractivity contribution in [3.8, 4) is 0 Å². The van der Waals surface area contributed by atoms with Gasteiger partial charge in [-0.05, 0) is 79.5 Å². The molecule has 0 amide bonds. The smallest absolute Gasteiger partial charge is 0.330 e. The molecule has 1 N–H and O–H groups in total. The van der Waals surface area contributed by atoms with Gasteiger partial charge in [0.15, 0.2) is 33.3 Å². The van der Waals surface area contributed by atoms with Gasteiger partial charge in [-0.3, -0.25) is 14.3 Å². The molecule has 4 atom stereocenters. The molecule has 2 unspecified atom stereocenters. The highest BCUT2D eigenvalue weighted by Gasteiger charge is 2.55. The zero-order chi connectivity index (χ0) is 37.9. The number of nitrogens with one attached hydrogen (secondary N) is 1. The van der Waals surface area contributed by atoms with Gasteiger partial charge in [0.2, 0.25) is 0 Å². The first-order valence-electron chi connectivity index (χ1n) is 17.7. The van der Waals surface area contributed by atoms with Gasteiger partial charge >= 0.3 is 5.69 Å². The predicted octanol–water partition coefficient (Wildman–Crippen LogP) is 9.07. The van der Waals surface area contributed by atoms with Crippen LogP contribution in [0.15, 0.2) is 9.59 Å². The van der Waals surface area contributed by atoms with Crippen LogP contribution < -0.4 is 11.2 Å². The lowest BCUT2D eigenvalue weighted by atomic mass is 10.0. The topological polar surface area (TPSA) is 101 Å². The number of nitrogens with zero attached hydrogens (tertiary/aromatic N) is 1. The van der Waals surface area contributed by atoms with Crippen LogP contribution in [0.5, 0.6) is 0 Å². The van der Waals surface area contributed by atoms with Crippen molar-refractivity contribution in [3.05, 3.63) is 32.1 Å². The van der Waals surface area contributed by atoms with E-state index in [2.05, 4.69) is 140 Å². The number of aromatic amines is 1. The molecule has 0 aliphatic carbocycles.